The average molecular weight is 576 g/mol. The summed E-state index contributed by atoms with van der Waals surface area (Å²) in [5.41, 5.74) is 3.81. The highest BCUT2D eigenvalue weighted by atomic mass is 16.5. The Labute approximate surface area is 253 Å². The number of carbonyl (C=O) groups is 1. The largest absolute Gasteiger partial charge is 0.372 e. The molecule has 0 saturated carbocycles. The van der Waals surface area contributed by atoms with E-state index in [1.54, 1.807) is 11.1 Å². The Morgan fingerprint density at radius 3 is 2.58 bits per heavy atom. The fourth-order valence-corrected chi connectivity index (χ4v) is 7.13. The second kappa shape index (κ2) is 12.0. The molecule has 0 N–H and O–H groups in total. The van der Waals surface area contributed by atoms with Crippen LogP contribution in [-0.4, -0.2) is 77.8 Å². The molecule has 6 rings (SSSR count). The number of carbonyl (C=O) groups excluding carboxylic acids is 1. The first-order chi connectivity index (χ1) is 20.9. The molecular formula is C34H37N7O2. The average Bonchev–Trinajstić information content (AvgIpc) is 3.02. The summed E-state index contributed by atoms with van der Waals surface area (Å²) in [5, 5.41) is 22.1. The number of aromatic nitrogens is 1. The van der Waals surface area contributed by atoms with E-state index >= 15 is 0 Å². The van der Waals surface area contributed by atoms with Gasteiger partial charge in [-0.1, -0.05) is 43.0 Å². The Morgan fingerprint density at radius 2 is 1.84 bits per heavy atom. The minimum atomic E-state index is -0.232. The zero-order valence-electron chi connectivity index (χ0n) is 24.8. The molecule has 0 bridgehead atoms. The van der Waals surface area contributed by atoms with Crippen molar-refractivity contribution < 1.29 is 9.53 Å². The van der Waals surface area contributed by atoms with Gasteiger partial charge in [0.25, 0.3) is 0 Å². The van der Waals surface area contributed by atoms with Crippen LogP contribution < -0.4 is 9.80 Å². The number of hydrogen-bond donors (Lipinski definition) is 0. The lowest BCUT2D eigenvalue weighted by molar-refractivity contribution is -0.131. The van der Waals surface area contributed by atoms with E-state index in [9.17, 15) is 15.3 Å². The highest BCUT2D eigenvalue weighted by molar-refractivity contribution is 5.94. The van der Waals surface area contributed by atoms with Gasteiger partial charge in [0, 0.05) is 68.5 Å². The lowest BCUT2D eigenvalue weighted by Crippen LogP contribution is -2.62. The van der Waals surface area contributed by atoms with Crippen LogP contribution in [0.5, 0.6) is 0 Å². The summed E-state index contributed by atoms with van der Waals surface area (Å²) in [6, 6.07) is 19.2. The highest BCUT2D eigenvalue weighted by Crippen LogP contribution is 2.39. The number of morpholine rings is 1. The van der Waals surface area contributed by atoms with Gasteiger partial charge in [0.2, 0.25) is 5.91 Å². The van der Waals surface area contributed by atoms with Crippen LogP contribution in [0, 0.1) is 22.7 Å². The van der Waals surface area contributed by atoms with E-state index in [1.807, 2.05) is 6.07 Å². The molecule has 3 aliphatic heterocycles. The molecule has 2 fully saturated rings. The third-order valence-electron chi connectivity index (χ3n) is 8.99. The first kappa shape index (κ1) is 28.7. The van der Waals surface area contributed by atoms with Crippen LogP contribution in [0.1, 0.15) is 37.0 Å². The number of ether oxygens (including phenoxy) is 1. The first-order valence-corrected chi connectivity index (χ1v) is 15.0. The maximum atomic E-state index is 12.7. The number of nitrogens with zero attached hydrogens (tertiary/aromatic N) is 7. The quantitative estimate of drug-likeness (QED) is 0.417. The van der Waals surface area contributed by atoms with Crippen molar-refractivity contribution in [1.29, 1.82) is 10.5 Å². The van der Waals surface area contributed by atoms with Crippen LogP contribution in [0.3, 0.4) is 0 Å². The van der Waals surface area contributed by atoms with Gasteiger partial charge >= 0.3 is 0 Å². The molecule has 0 aliphatic carbocycles. The molecule has 9 heteroatoms. The summed E-state index contributed by atoms with van der Waals surface area (Å²) in [4.78, 5) is 26.5. The number of pyridine rings is 1. The second-order valence-electron chi connectivity index (χ2n) is 11.8. The summed E-state index contributed by atoms with van der Waals surface area (Å²) in [7, 11) is 0. The fraction of sp³-hybridized carbons (Fsp3) is 0.412. The smallest absolute Gasteiger partial charge is 0.246 e. The van der Waals surface area contributed by atoms with Crippen LogP contribution in [-0.2, 0) is 22.5 Å². The summed E-state index contributed by atoms with van der Waals surface area (Å²) >= 11 is 0. The van der Waals surface area contributed by atoms with Gasteiger partial charge in [-0.25, -0.2) is 4.98 Å². The number of fused-ring (bicyclic) bond motifs is 2. The number of benzene rings is 2. The summed E-state index contributed by atoms with van der Waals surface area (Å²) < 4.78 is 6.03. The number of rotatable bonds is 5. The van der Waals surface area contributed by atoms with E-state index in [-0.39, 0.29) is 36.7 Å². The van der Waals surface area contributed by atoms with Gasteiger partial charge in [-0.05, 0) is 36.9 Å². The van der Waals surface area contributed by atoms with Gasteiger partial charge in [-0.2, -0.15) is 10.5 Å². The van der Waals surface area contributed by atoms with Gasteiger partial charge in [-0.15, -0.1) is 0 Å². The maximum absolute atomic E-state index is 12.7. The van der Waals surface area contributed by atoms with Crippen LogP contribution in [0.2, 0.25) is 0 Å². The molecule has 220 valence electrons. The van der Waals surface area contributed by atoms with Gasteiger partial charge in [0.1, 0.15) is 11.9 Å². The van der Waals surface area contributed by atoms with E-state index in [1.165, 1.54) is 6.08 Å². The van der Waals surface area contributed by atoms with Crippen molar-refractivity contribution in [2.24, 2.45) is 0 Å². The molecule has 0 spiro atoms. The molecule has 4 heterocycles. The monoisotopic (exact) mass is 575 g/mol. The third-order valence-corrected chi connectivity index (χ3v) is 8.99. The molecule has 1 aromatic heterocycles. The van der Waals surface area contributed by atoms with Crippen molar-refractivity contribution >= 4 is 28.2 Å². The Kier molecular flexibility index (Phi) is 8.03. The standard InChI is InChI=1S/C34H37N7O2/c1-4-33(42)40-15-14-38(21-27(40)12-13-35)32-16-29-30(22-41(32)31-11-7-9-25-8-5-6-10-28(25)31)26(17-36)18-37-34(29)39-19-23(2)43-24(3)20-39/h4-11,18,23-24,27,32H,1,12,14-16,19-22H2,2-3H3. The third kappa shape index (κ3) is 5.43. The topological polar surface area (TPSA) is 99.7 Å². The number of amides is 1. The van der Waals surface area contributed by atoms with E-state index in [0.29, 0.717) is 38.2 Å². The van der Waals surface area contributed by atoms with E-state index in [2.05, 4.69) is 83.7 Å². The van der Waals surface area contributed by atoms with Crippen molar-refractivity contribution in [2.75, 3.05) is 42.5 Å². The minimum absolute atomic E-state index is 0.0640. The van der Waals surface area contributed by atoms with Crippen molar-refractivity contribution in [3.05, 3.63) is 78.0 Å². The van der Waals surface area contributed by atoms with E-state index in [0.717, 1.165) is 46.5 Å². The van der Waals surface area contributed by atoms with Crippen molar-refractivity contribution in [3.63, 3.8) is 0 Å². The van der Waals surface area contributed by atoms with Crippen molar-refractivity contribution in [2.45, 2.75) is 57.6 Å². The zero-order chi connectivity index (χ0) is 30.1. The summed E-state index contributed by atoms with van der Waals surface area (Å²) in [6.07, 6.45) is 4.06. The molecular weight excluding hydrogens is 538 g/mol. The summed E-state index contributed by atoms with van der Waals surface area (Å²) in [5.74, 6) is 0.785. The normalized spacial score (nSPS) is 24.2. The van der Waals surface area contributed by atoms with E-state index in [4.69, 9.17) is 9.72 Å². The molecule has 2 aromatic carbocycles. The van der Waals surface area contributed by atoms with Gasteiger partial charge in [0.15, 0.2) is 0 Å². The number of nitriles is 2. The zero-order valence-corrected chi connectivity index (χ0v) is 24.8. The van der Waals surface area contributed by atoms with Crippen LogP contribution in [0.4, 0.5) is 11.5 Å². The van der Waals surface area contributed by atoms with Gasteiger partial charge in [0.05, 0.1) is 42.5 Å². The molecule has 2 saturated heterocycles. The lowest BCUT2D eigenvalue weighted by atomic mass is 9.91. The van der Waals surface area contributed by atoms with Crippen LogP contribution >= 0.6 is 0 Å². The molecule has 43 heavy (non-hydrogen) atoms. The molecule has 4 unspecified atom stereocenters. The SMILES string of the molecule is C=CC(=O)N1CCN(C2Cc3c(N4CC(C)OC(C)C4)ncc(C#N)c3CN2c2cccc3ccccc23)CC1CC#N. The number of piperazine rings is 1. The molecule has 1 amide bonds. The molecule has 0 radical (unpaired) electrons. The predicted octanol–water partition coefficient (Wildman–Crippen LogP) is 4.22. The van der Waals surface area contributed by atoms with Crippen molar-refractivity contribution in [3.8, 4) is 12.1 Å². The predicted molar refractivity (Wildman–Crippen MR) is 166 cm³/mol. The second-order valence-corrected chi connectivity index (χ2v) is 11.8. The van der Waals surface area contributed by atoms with Crippen LogP contribution in [0.15, 0.2) is 61.3 Å². The first-order valence-electron chi connectivity index (χ1n) is 15.0. The molecule has 3 aliphatic rings. The molecule has 4 atom stereocenters. The molecule has 3 aromatic rings. The Morgan fingerprint density at radius 1 is 1.07 bits per heavy atom. The minimum Gasteiger partial charge on any atom is -0.372 e. The fourth-order valence-electron chi connectivity index (χ4n) is 7.13. The highest BCUT2D eigenvalue weighted by Gasteiger charge is 2.40. The van der Waals surface area contributed by atoms with Gasteiger partial charge < -0.3 is 19.4 Å². The maximum Gasteiger partial charge on any atom is 0.246 e. The van der Waals surface area contributed by atoms with E-state index < -0.39 is 0 Å². The van der Waals surface area contributed by atoms with Crippen LogP contribution in [0.25, 0.3) is 10.8 Å². The number of anilines is 2. The Bertz CT molecular complexity index is 1610. The summed E-state index contributed by atoms with van der Waals surface area (Å²) in [6.45, 7) is 11.6. The molecule has 9 nitrogen and oxygen atoms in total. The Balaban J connectivity index is 1.46. The van der Waals surface area contributed by atoms with Crippen molar-refractivity contribution in [1.82, 2.24) is 14.8 Å². The Hall–Kier alpha value is -4.44. The lowest BCUT2D eigenvalue weighted by Gasteiger charge is -2.50. The number of hydrogen-bond acceptors (Lipinski definition) is 8. The van der Waals surface area contributed by atoms with Gasteiger partial charge in [-0.3, -0.25) is 9.69 Å².